The third kappa shape index (κ3) is 3.77. The molecule has 0 unspecified atom stereocenters. The first kappa shape index (κ1) is 20.7. The number of anilines is 1. The molecule has 0 aliphatic carbocycles. The second kappa shape index (κ2) is 8.16. The van der Waals surface area contributed by atoms with Gasteiger partial charge in [-0.3, -0.25) is 9.59 Å². The zero-order valence-corrected chi connectivity index (χ0v) is 14.9. The van der Waals surface area contributed by atoms with Gasteiger partial charge in [-0.05, 0) is 24.3 Å². The van der Waals surface area contributed by atoms with E-state index in [-0.39, 0.29) is 17.0 Å². The summed E-state index contributed by atoms with van der Waals surface area (Å²) in [7, 11) is 0. The molecule has 5 nitrogen and oxygen atoms in total. The first-order valence-electron chi connectivity index (χ1n) is 8.32. The number of carbonyl (C=O) groups excluding carboxylic acids is 2. The average Bonchev–Trinajstić information content (AvgIpc) is 2.74. The van der Waals surface area contributed by atoms with Crippen molar-refractivity contribution in [3.8, 4) is 0 Å². The highest BCUT2D eigenvalue weighted by Gasteiger charge is 2.32. The van der Waals surface area contributed by atoms with E-state index in [2.05, 4.69) is 5.32 Å². The zero-order chi connectivity index (χ0) is 22.0. The Morgan fingerprint density at radius 3 is 1.70 bits per heavy atom. The summed E-state index contributed by atoms with van der Waals surface area (Å²) >= 11 is 0. The molecule has 9 heteroatoms. The Hall–Kier alpha value is -4.01. The lowest BCUT2D eigenvalue weighted by molar-refractivity contribution is 0.0684. The number of rotatable bonds is 5. The average molecular weight is 417 g/mol. The maximum absolute atomic E-state index is 14.0. The number of hydrogen-bond donors (Lipinski definition) is 2. The number of aromatic carboxylic acids is 1. The molecule has 3 rings (SSSR count). The molecule has 2 N–H and O–H groups in total. The van der Waals surface area contributed by atoms with Crippen molar-refractivity contribution in [1.82, 2.24) is 0 Å². The van der Waals surface area contributed by atoms with Gasteiger partial charge in [-0.1, -0.05) is 30.3 Å². The number of halogens is 4. The van der Waals surface area contributed by atoms with E-state index in [1.165, 1.54) is 24.3 Å². The minimum atomic E-state index is -2.34. The molecule has 0 fully saturated rings. The van der Waals surface area contributed by atoms with Crippen molar-refractivity contribution < 1.29 is 37.1 Å². The van der Waals surface area contributed by atoms with Crippen LogP contribution in [0.2, 0.25) is 0 Å². The summed E-state index contributed by atoms with van der Waals surface area (Å²) < 4.78 is 54.6. The van der Waals surface area contributed by atoms with Crippen LogP contribution in [0.25, 0.3) is 0 Å². The molecule has 0 saturated carbocycles. The molecule has 3 aromatic rings. The van der Waals surface area contributed by atoms with E-state index in [9.17, 15) is 31.9 Å². The lowest BCUT2D eigenvalue weighted by Gasteiger charge is -2.11. The SMILES string of the molecule is O=C(c1ccccc1)c1ccc(NC(=O)c2c(F)c(F)c(F)c(F)c2C(=O)O)cc1. The highest BCUT2D eigenvalue weighted by molar-refractivity contribution is 6.12. The Labute approximate surface area is 166 Å². The Bertz CT molecular complexity index is 1160. The molecule has 0 aliphatic rings. The second-order valence-electron chi connectivity index (χ2n) is 6.04. The van der Waals surface area contributed by atoms with Crippen LogP contribution in [-0.4, -0.2) is 22.8 Å². The molecule has 30 heavy (non-hydrogen) atoms. The van der Waals surface area contributed by atoms with Crippen LogP contribution in [0.1, 0.15) is 36.6 Å². The zero-order valence-electron chi connectivity index (χ0n) is 14.9. The summed E-state index contributed by atoms with van der Waals surface area (Å²) in [5.41, 5.74) is -2.48. The topological polar surface area (TPSA) is 83.5 Å². The molecule has 0 radical (unpaired) electrons. The fraction of sp³-hybridized carbons (Fsp3) is 0. The van der Waals surface area contributed by atoms with Crippen molar-refractivity contribution >= 4 is 23.3 Å². The largest absolute Gasteiger partial charge is 0.478 e. The van der Waals surface area contributed by atoms with Crippen LogP contribution in [0.3, 0.4) is 0 Å². The number of carboxylic acids is 1. The van der Waals surface area contributed by atoms with Crippen LogP contribution in [0.15, 0.2) is 54.6 Å². The minimum Gasteiger partial charge on any atom is -0.478 e. The number of amides is 1. The maximum Gasteiger partial charge on any atom is 0.339 e. The predicted octanol–water partition coefficient (Wildman–Crippen LogP) is 4.42. The summed E-state index contributed by atoms with van der Waals surface area (Å²) in [4.78, 5) is 35.8. The van der Waals surface area contributed by atoms with Crippen molar-refractivity contribution in [1.29, 1.82) is 0 Å². The molecule has 0 heterocycles. The molecule has 0 aliphatic heterocycles. The Morgan fingerprint density at radius 1 is 0.667 bits per heavy atom. The summed E-state index contributed by atoms with van der Waals surface area (Å²) in [6.45, 7) is 0. The van der Waals surface area contributed by atoms with E-state index in [4.69, 9.17) is 5.11 Å². The summed E-state index contributed by atoms with van der Waals surface area (Å²) in [5, 5.41) is 11.1. The summed E-state index contributed by atoms with van der Waals surface area (Å²) in [6.07, 6.45) is 0. The maximum atomic E-state index is 14.0. The van der Waals surface area contributed by atoms with E-state index in [0.717, 1.165) is 0 Å². The van der Waals surface area contributed by atoms with E-state index >= 15 is 0 Å². The van der Waals surface area contributed by atoms with Crippen molar-refractivity contribution in [2.75, 3.05) is 5.32 Å². The number of carboxylic acid groups (broad SMARTS) is 1. The fourth-order valence-corrected chi connectivity index (χ4v) is 2.70. The van der Waals surface area contributed by atoms with Gasteiger partial charge < -0.3 is 10.4 Å². The van der Waals surface area contributed by atoms with Gasteiger partial charge in [0.1, 0.15) is 5.56 Å². The van der Waals surface area contributed by atoms with Gasteiger partial charge in [-0.25, -0.2) is 22.4 Å². The van der Waals surface area contributed by atoms with Crippen molar-refractivity contribution in [3.63, 3.8) is 0 Å². The van der Waals surface area contributed by atoms with Crippen LogP contribution < -0.4 is 5.32 Å². The number of nitrogens with one attached hydrogen (secondary N) is 1. The van der Waals surface area contributed by atoms with E-state index in [1.807, 2.05) is 0 Å². The summed E-state index contributed by atoms with van der Waals surface area (Å²) in [6, 6.07) is 13.5. The normalized spacial score (nSPS) is 10.5. The first-order chi connectivity index (χ1) is 14.2. The van der Waals surface area contributed by atoms with Gasteiger partial charge in [-0.2, -0.15) is 0 Å². The minimum absolute atomic E-state index is 0.0227. The smallest absolute Gasteiger partial charge is 0.339 e. The van der Waals surface area contributed by atoms with Gasteiger partial charge in [-0.15, -0.1) is 0 Å². The Kier molecular flexibility index (Phi) is 5.63. The molecule has 0 spiro atoms. The number of ketones is 1. The standard InChI is InChI=1S/C21H11F4NO4/c22-15-13(14(21(29)30)16(23)18(25)17(15)24)20(28)26-12-8-6-11(7-9-12)19(27)10-4-2-1-3-5-10/h1-9H,(H,26,28)(H,29,30). The Balaban J connectivity index is 1.90. The van der Waals surface area contributed by atoms with Crippen molar-refractivity contribution in [2.24, 2.45) is 0 Å². The van der Waals surface area contributed by atoms with Crippen molar-refractivity contribution in [3.05, 3.63) is 100 Å². The first-order valence-corrected chi connectivity index (χ1v) is 8.32. The fourth-order valence-electron chi connectivity index (χ4n) is 2.70. The van der Waals surface area contributed by atoms with Gasteiger partial charge >= 0.3 is 5.97 Å². The van der Waals surface area contributed by atoms with Gasteiger partial charge in [0.25, 0.3) is 5.91 Å². The third-order valence-corrected chi connectivity index (χ3v) is 4.15. The molecular weight excluding hydrogens is 406 g/mol. The van der Waals surface area contributed by atoms with Crippen LogP contribution in [0.4, 0.5) is 23.2 Å². The van der Waals surface area contributed by atoms with Crippen LogP contribution >= 0.6 is 0 Å². The number of carbonyl (C=O) groups is 3. The molecule has 1 amide bonds. The lowest BCUT2D eigenvalue weighted by Crippen LogP contribution is -2.22. The van der Waals surface area contributed by atoms with Gasteiger partial charge in [0.15, 0.2) is 29.1 Å². The molecule has 3 aromatic carbocycles. The predicted molar refractivity (Wildman–Crippen MR) is 97.5 cm³/mol. The van der Waals surface area contributed by atoms with E-state index < -0.39 is 46.3 Å². The molecule has 0 aromatic heterocycles. The number of hydrogen-bond acceptors (Lipinski definition) is 3. The molecule has 0 atom stereocenters. The quantitative estimate of drug-likeness (QED) is 0.279. The lowest BCUT2D eigenvalue weighted by atomic mass is 10.0. The summed E-state index contributed by atoms with van der Waals surface area (Å²) in [5.74, 6) is -13.0. The highest BCUT2D eigenvalue weighted by Crippen LogP contribution is 2.25. The Morgan fingerprint density at radius 2 is 1.17 bits per heavy atom. The molecule has 0 saturated heterocycles. The van der Waals surface area contributed by atoms with Gasteiger partial charge in [0.2, 0.25) is 0 Å². The van der Waals surface area contributed by atoms with Crippen LogP contribution in [0.5, 0.6) is 0 Å². The van der Waals surface area contributed by atoms with E-state index in [1.54, 1.807) is 30.3 Å². The van der Waals surface area contributed by atoms with Crippen molar-refractivity contribution in [2.45, 2.75) is 0 Å². The second-order valence-corrected chi connectivity index (χ2v) is 6.04. The van der Waals surface area contributed by atoms with Gasteiger partial charge in [0, 0.05) is 16.8 Å². The number of benzene rings is 3. The molecular formula is C21H11F4NO4. The van der Waals surface area contributed by atoms with E-state index in [0.29, 0.717) is 5.56 Å². The molecule has 0 bridgehead atoms. The van der Waals surface area contributed by atoms with Crippen LogP contribution in [-0.2, 0) is 0 Å². The third-order valence-electron chi connectivity index (χ3n) is 4.15. The molecule has 152 valence electrons. The monoisotopic (exact) mass is 417 g/mol. The highest BCUT2D eigenvalue weighted by atomic mass is 19.2. The van der Waals surface area contributed by atoms with Crippen LogP contribution in [0, 0.1) is 23.3 Å². The van der Waals surface area contributed by atoms with Gasteiger partial charge in [0.05, 0.1) is 5.56 Å².